The van der Waals surface area contributed by atoms with Crippen LogP contribution in [0.4, 0.5) is 0 Å². The molecule has 0 spiro atoms. The Morgan fingerprint density at radius 3 is 1.22 bits per heavy atom. The SMILES string of the molecule is Cc1cc(-c2[c-]cccc2)ncc1-c1cccc([Si](C)(C)C)c1.Cc1cc([Si](C)(C)C)c(C)cc1-c1ccc(-c2[c-]cccc2)nc1.[Ir].[Ir].[c-]1ccccc1-c1ccccn1.[c-]1ccccc1-c1ccccn1. The van der Waals surface area contributed by atoms with Crippen LogP contribution in [0.5, 0.6) is 0 Å². The van der Waals surface area contributed by atoms with E-state index >= 15 is 0 Å². The van der Waals surface area contributed by atoms with Gasteiger partial charge in [0.1, 0.15) is 0 Å². The third-order valence-corrected chi connectivity index (χ3v) is 16.1. The van der Waals surface area contributed by atoms with Crippen molar-refractivity contribution in [3.8, 4) is 67.3 Å². The maximum Gasteiger partial charge on any atom is 0.0779 e. The summed E-state index contributed by atoms with van der Waals surface area (Å²) in [5, 5.41) is 3.03. The summed E-state index contributed by atoms with van der Waals surface area (Å²) in [5.41, 5.74) is 17.0. The van der Waals surface area contributed by atoms with E-state index in [0.29, 0.717) is 0 Å². The van der Waals surface area contributed by atoms with Crippen LogP contribution in [0, 0.1) is 45.0 Å². The molecule has 10 aromatic rings. The van der Waals surface area contributed by atoms with Crippen molar-refractivity contribution in [2.75, 3.05) is 0 Å². The zero-order valence-electron chi connectivity index (χ0n) is 43.2. The zero-order chi connectivity index (χ0) is 50.2. The van der Waals surface area contributed by atoms with Crippen LogP contribution in [0.3, 0.4) is 0 Å². The third-order valence-electron chi connectivity index (χ3n) is 11.9. The van der Waals surface area contributed by atoms with Gasteiger partial charge in [-0.05, 0) is 83.5 Å². The zero-order valence-corrected chi connectivity index (χ0v) is 50.0. The van der Waals surface area contributed by atoms with Crippen molar-refractivity contribution < 1.29 is 40.2 Å². The largest absolute Gasteiger partial charge is 0.305 e. The van der Waals surface area contributed by atoms with E-state index in [1.165, 1.54) is 44.1 Å². The molecule has 0 aliphatic heterocycles. The van der Waals surface area contributed by atoms with Crippen LogP contribution in [0.2, 0.25) is 39.3 Å². The van der Waals surface area contributed by atoms with Crippen molar-refractivity contribution in [2.45, 2.75) is 60.1 Å². The van der Waals surface area contributed by atoms with E-state index in [2.05, 4.69) is 159 Å². The number of hydrogen-bond donors (Lipinski definition) is 0. The molecule has 8 heteroatoms. The van der Waals surface area contributed by atoms with Crippen molar-refractivity contribution in [1.82, 2.24) is 19.9 Å². The molecule has 0 aliphatic rings. The number of pyridine rings is 4. The van der Waals surface area contributed by atoms with Gasteiger partial charge in [0, 0.05) is 70.6 Å². The summed E-state index contributed by atoms with van der Waals surface area (Å²) in [7, 11) is -2.61. The molecule has 0 N–H and O–H groups in total. The molecule has 0 aliphatic carbocycles. The minimum absolute atomic E-state index is 0. The van der Waals surface area contributed by atoms with E-state index in [0.717, 1.165) is 45.0 Å². The molecule has 6 aromatic carbocycles. The second-order valence-corrected chi connectivity index (χ2v) is 29.5. The first kappa shape index (κ1) is 57.6. The Hall–Kier alpha value is -6.35. The number of nitrogens with zero attached hydrogens (tertiary/aromatic N) is 4. The van der Waals surface area contributed by atoms with E-state index in [4.69, 9.17) is 0 Å². The van der Waals surface area contributed by atoms with Gasteiger partial charge in [0.25, 0.3) is 0 Å². The smallest absolute Gasteiger partial charge is 0.0779 e. The molecule has 0 amide bonds. The number of benzene rings is 6. The van der Waals surface area contributed by atoms with Crippen LogP contribution in [0.1, 0.15) is 16.7 Å². The van der Waals surface area contributed by atoms with Gasteiger partial charge in [0.15, 0.2) is 0 Å². The number of rotatable bonds is 8. The number of aryl methyl sites for hydroxylation is 3. The van der Waals surface area contributed by atoms with Gasteiger partial charge in [-0.25, -0.2) is 0 Å². The van der Waals surface area contributed by atoms with Gasteiger partial charge in [-0.3, -0.25) is 0 Å². The Balaban J connectivity index is 0.000000187. The predicted molar refractivity (Wildman–Crippen MR) is 305 cm³/mol. The van der Waals surface area contributed by atoms with Crippen LogP contribution in [-0.2, 0) is 40.2 Å². The monoisotopic (exact) mass is 1340 g/mol. The van der Waals surface area contributed by atoms with Crippen LogP contribution >= 0.6 is 0 Å². The van der Waals surface area contributed by atoms with Gasteiger partial charge in [0.05, 0.1) is 16.1 Å². The molecule has 0 saturated carbocycles. The summed E-state index contributed by atoms with van der Waals surface area (Å²) in [4.78, 5) is 17.7. The van der Waals surface area contributed by atoms with E-state index in [1.54, 1.807) is 17.6 Å². The predicted octanol–water partition coefficient (Wildman–Crippen LogP) is 15.5. The fourth-order valence-electron chi connectivity index (χ4n) is 8.06. The Morgan fingerprint density at radius 2 is 0.808 bits per heavy atom. The average molecular weight is 1340 g/mol. The molecule has 0 fully saturated rings. The van der Waals surface area contributed by atoms with Gasteiger partial charge in [0.2, 0.25) is 0 Å². The molecule has 372 valence electrons. The van der Waals surface area contributed by atoms with Gasteiger partial charge in [-0.2, -0.15) is 0 Å². The molecule has 73 heavy (non-hydrogen) atoms. The van der Waals surface area contributed by atoms with Gasteiger partial charge < -0.3 is 19.9 Å². The first-order valence-electron chi connectivity index (χ1n) is 24.1. The molecule has 0 atom stereocenters. The first-order chi connectivity index (χ1) is 34.2. The quantitative estimate of drug-likeness (QED) is 0.112. The summed E-state index contributed by atoms with van der Waals surface area (Å²) < 4.78 is 0. The Kier molecular flexibility index (Phi) is 21.8. The number of aromatic nitrogens is 4. The molecular formula is C65H62Ir2N4Si2-4. The summed E-state index contributed by atoms with van der Waals surface area (Å²) in [5.74, 6) is 0. The fraction of sp³-hybridized carbons (Fsp3) is 0.138. The number of hydrogen-bond acceptors (Lipinski definition) is 4. The first-order valence-corrected chi connectivity index (χ1v) is 31.1. The molecule has 0 unspecified atom stereocenters. The van der Waals surface area contributed by atoms with Crippen LogP contribution in [0.25, 0.3) is 67.3 Å². The minimum Gasteiger partial charge on any atom is -0.305 e. The average Bonchev–Trinajstić information content (AvgIpc) is 3.41. The summed E-state index contributed by atoms with van der Waals surface area (Å²) in [6.45, 7) is 20.9. The standard InChI is InChI=1S/C22H24NSi.C21H22NSi.2C11H8N.2Ir/c1-16-14-22(24(3,4)5)17(2)13-20(16)19-11-12-21(23-15-19)18-9-7-6-8-10-18;1-16-13-21(17-9-6-5-7-10-17)22-15-20(16)18-11-8-12-19(14-18)23(2,3)4;2*1-2-6-10(7-3-1)11-8-4-5-9-12-11;;/h6-9,11-15H,1-5H3;5-9,11-15H,1-4H3;2*1-6,8-9H;;/q4*-1;;. The van der Waals surface area contributed by atoms with Crippen molar-refractivity contribution in [1.29, 1.82) is 0 Å². The van der Waals surface area contributed by atoms with Gasteiger partial charge >= 0.3 is 0 Å². The van der Waals surface area contributed by atoms with Crippen LogP contribution in [-0.4, -0.2) is 36.1 Å². The topological polar surface area (TPSA) is 51.6 Å². The normalized spacial score (nSPS) is 10.6. The maximum absolute atomic E-state index is 4.66. The molecule has 2 radical (unpaired) electrons. The second-order valence-electron chi connectivity index (χ2n) is 19.4. The van der Waals surface area contributed by atoms with E-state index in [-0.39, 0.29) is 40.2 Å². The third kappa shape index (κ3) is 16.6. The molecule has 10 rings (SSSR count). The van der Waals surface area contributed by atoms with E-state index < -0.39 is 16.1 Å². The molecule has 0 saturated heterocycles. The molecule has 4 heterocycles. The molecule has 4 aromatic heterocycles. The summed E-state index contributed by atoms with van der Waals surface area (Å²) in [6.07, 6.45) is 7.55. The van der Waals surface area contributed by atoms with Crippen LogP contribution in [0.15, 0.2) is 213 Å². The van der Waals surface area contributed by atoms with Crippen molar-refractivity contribution >= 4 is 26.5 Å². The Labute approximate surface area is 464 Å². The van der Waals surface area contributed by atoms with Gasteiger partial charge in [-0.15, -0.1) is 144 Å². The van der Waals surface area contributed by atoms with Gasteiger partial charge in [-0.1, -0.05) is 134 Å². The second kappa shape index (κ2) is 27.6. The van der Waals surface area contributed by atoms with Crippen molar-refractivity contribution in [3.63, 3.8) is 0 Å². The van der Waals surface area contributed by atoms with Crippen molar-refractivity contribution in [3.05, 3.63) is 254 Å². The minimum atomic E-state index is -1.31. The summed E-state index contributed by atoms with van der Waals surface area (Å²) >= 11 is 0. The molecule has 0 bridgehead atoms. The van der Waals surface area contributed by atoms with E-state index in [9.17, 15) is 0 Å². The molecule has 4 nitrogen and oxygen atoms in total. The fourth-order valence-corrected chi connectivity index (χ4v) is 11.2. The maximum atomic E-state index is 4.66. The van der Waals surface area contributed by atoms with E-state index in [1.807, 2.05) is 146 Å². The molecular weight excluding hydrogens is 1280 g/mol. The van der Waals surface area contributed by atoms with Crippen molar-refractivity contribution in [2.24, 2.45) is 0 Å². The Morgan fingerprint density at radius 1 is 0.342 bits per heavy atom. The summed E-state index contributed by atoms with van der Waals surface area (Å²) in [6, 6.07) is 76.1. The van der Waals surface area contributed by atoms with Crippen LogP contribution < -0.4 is 10.4 Å². The Bertz CT molecular complexity index is 3050.